The Labute approximate surface area is 392 Å². The van der Waals surface area contributed by atoms with Crippen LogP contribution in [-0.4, -0.2) is 11.3 Å². The highest BCUT2D eigenvalue weighted by atomic mass is 15.2. The summed E-state index contributed by atoms with van der Waals surface area (Å²) in [5, 5.41) is 5.00. The van der Waals surface area contributed by atoms with Gasteiger partial charge in [-0.05, 0) is 164 Å². The maximum Gasteiger partial charge on any atom is 0.252 e. The first-order valence-electron chi connectivity index (χ1n) is 23.4. The van der Waals surface area contributed by atoms with Crippen LogP contribution < -0.4 is 31.1 Å². The Morgan fingerprint density at radius 1 is 0.343 bits per heavy atom. The number of hydrogen-bond donors (Lipinski definition) is 0. The van der Waals surface area contributed by atoms with E-state index in [4.69, 9.17) is 0 Å². The Hall–Kier alpha value is -8.28. The number of hydrogen-bond acceptors (Lipinski definition) is 3. The van der Waals surface area contributed by atoms with Crippen LogP contribution in [0.5, 0.6) is 0 Å². The van der Waals surface area contributed by atoms with E-state index < -0.39 is 0 Å². The third kappa shape index (κ3) is 6.22. The molecule has 1 aromatic heterocycles. The molecule has 0 spiro atoms. The molecule has 11 aromatic rings. The van der Waals surface area contributed by atoms with E-state index in [1.165, 1.54) is 94.0 Å². The summed E-state index contributed by atoms with van der Waals surface area (Å²) in [6.45, 7) is 8.65. The third-order valence-corrected chi connectivity index (χ3v) is 14.1. The van der Waals surface area contributed by atoms with Crippen LogP contribution in [0.2, 0.25) is 0 Å². The van der Waals surface area contributed by atoms with E-state index in [0.29, 0.717) is 0 Å². The van der Waals surface area contributed by atoms with Crippen molar-refractivity contribution in [1.29, 1.82) is 0 Å². The number of rotatable bonds is 6. The fourth-order valence-electron chi connectivity index (χ4n) is 11.0. The van der Waals surface area contributed by atoms with E-state index >= 15 is 0 Å². The van der Waals surface area contributed by atoms with Gasteiger partial charge in [-0.1, -0.05) is 125 Å². The summed E-state index contributed by atoms with van der Waals surface area (Å²) in [5.74, 6) is 0. The largest absolute Gasteiger partial charge is 0.311 e. The predicted octanol–water partition coefficient (Wildman–Crippen LogP) is 14.7. The van der Waals surface area contributed by atoms with Gasteiger partial charge in [-0.25, -0.2) is 0 Å². The number of anilines is 9. The van der Waals surface area contributed by atoms with Crippen LogP contribution in [0.3, 0.4) is 0 Å². The summed E-state index contributed by atoms with van der Waals surface area (Å²) < 4.78 is 2.47. The second kappa shape index (κ2) is 15.2. The molecule has 3 heterocycles. The zero-order chi connectivity index (χ0) is 44.9. The first kappa shape index (κ1) is 39.1. The summed E-state index contributed by atoms with van der Waals surface area (Å²) in [7, 11) is 0. The zero-order valence-corrected chi connectivity index (χ0v) is 38.1. The Morgan fingerprint density at radius 2 is 0.866 bits per heavy atom. The fraction of sp³-hybridized carbons (Fsp3) is 0.0645. The minimum absolute atomic E-state index is 0.0355. The second-order valence-corrected chi connectivity index (χ2v) is 18.6. The van der Waals surface area contributed by atoms with E-state index in [1.54, 1.807) is 0 Å². The standard InChI is InChI=1S/C62H47BN4/c1-40-17-24-47(25-18-40)64(48-26-19-41(2)20-27-48)50-29-31-54-60(38-50)65(46-13-6-5-7-14-46)58-15-10-16-59-62(58)63(54)55-32-30-51(39-61(55)67(59)49-28-23-44-11-8-9-12-45(44)37-49)66-56-33-21-42(3)35-52(56)53-36-43(4)22-34-57(53)66/h5-39H,1-4H3. The molecule has 0 aliphatic carbocycles. The molecular weight excluding hydrogens is 812 g/mol. The Balaban J connectivity index is 1.08. The smallest absolute Gasteiger partial charge is 0.252 e. The van der Waals surface area contributed by atoms with Gasteiger partial charge in [0, 0.05) is 67.6 Å². The lowest BCUT2D eigenvalue weighted by Crippen LogP contribution is -2.61. The van der Waals surface area contributed by atoms with E-state index in [2.05, 4.69) is 259 Å². The molecular formula is C62H47BN4. The van der Waals surface area contributed by atoms with Crippen molar-refractivity contribution in [2.75, 3.05) is 14.7 Å². The summed E-state index contributed by atoms with van der Waals surface area (Å²) >= 11 is 0. The van der Waals surface area contributed by atoms with Crippen molar-refractivity contribution in [2.45, 2.75) is 27.7 Å². The summed E-state index contributed by atoms with van der Waals surface area (Å²) in [5.41, 5.74) is 22.7. The monoisotopic (exact) mass is 858 g/mol. The first-order chi connectivity index (χ1) is 32.9. The van der Waals surface area contributed by atoms with Crippen LogP contribution in [0, 0.1) is 27.7 Å². The number of nitrogens with zero attached hydrogens (tertiary/aromatic N) is 4. The van der Waals surface area contributed by atoms with Crippen molar-refractivity contribution in [1.82, 2.24) is 4.57 Å². The highest BCUT2D eigenvalue weighted by molar-refractivity contribution is 7.00. The predicted molar refractivity (Wildman–Crippen MR) is 286 cm³/mol. The van der Waals surface area contributed by atoms with Crippen molar-refractivity contribution in [2.24, 2.45) is 0 Å². The van der Waals surface area contributed by atoms with Gasteiger partial charge in [0.15, 0.2) is 0 Å². The Kier molecular flexibility index (Phi) is 8.85. The minimum Gasteiger partial charge on any atom is -0.311 e. The van der Waals surface area contributed by atoms with Gasteiger partial charge >= 0.3 is 0 Å². The van der Waals surface area contributed by atoms with Crippen LogP contribution >= 0.6 is 0 Å². The van der Waals surface area contributed by atoms with Crippen LogP contribution in [0.1, 0.15) is 22.3 Å². The lowest BCUT2D eigenvalue weighted by atomic mass is 9.33. The average molecular weight is 859 g/mol. The zero-order valence-electron chi connectivity index (χ0n) is 38.1. The maximum absolute atomic E-state index is 2.53. The molecule has 13 rings (SSSR count). The van der Waals surface area contributed by atoms with Gasteiger partial charge in [-0.2, -0.15) is 0 Å². The van der Waals surface area contributed by atoms with Gasteiger partial charge in [0.25, 0.3) is 6.71 Å². The van der Waals surface area contributed by atoms with Crippen LogP contribution in [-0.2, 0) is 0 Å². The molecule has 318 valence electrons. The van der Waals surface area contributed by atoms with Crippen LogP contribution in [0.4, 0.5) is 51.2 Å². The number of aromatic nitrogens is 1. The van der Waals surface area contributed by atoms with Crippen molar-refractivity contribution < 1.29 is 0 Å². The fourth-order valence-corrected chi connectivity index (χ4v) is 11.0. The molecule has 0 fully saturated rings. The number of fused-ring (bicyclic) bond motifs is 8. The Morgan fingerprint density at radius 3 is 1.51 bits per heavy atom. The molecule has 0 N–H and O–H groups in total. The molecule has 0 saturated carbocycles. The van der Waals surface area contributed by atoms with E-state index in [0.717, 1.165) is 34.1 Å². The summed E-state index contributed by atoms with van der Waals surface area (Å²) in [6, 6.07) is 79.4. The molecule has 4 nitrogen and oxygen atoms in total. The number of benzene rings is 10. The lowest BCUT2D eigenvalue weighted by molar-refractivity contribution is 1.17. The van der Waals surface area contributed by atoms with Gasteiger partial charge < -0.3 is 19.3 Å². The molecule has 0 unspecified atom stereocenters. The average Bonchev–Trinajstić information content (AvgIpc) is 3.67. The normalized spacial score (nSPS) is 12.7. The highest BCUT2D eigenvalue weighted by Gasteiger charge is 2.43. The van der Waals surface area contributed by atoms with Gasteiger partial charge in [-0.3, -0.25) is 0 Å². The molecule has 0 atom stereocenters. The number of aryl methyl sites for hydroxylation is 4. The van der Waals surface area contributed by atoms with Gasteiger partial charge in [-0.15, -0.1) is 0 Å². The molecule has 0 saturated heterocycles. The van der Waals surface area contributed by atoms with E-state index in [9.17, 15) is 0 Å². The van der Waals surface area contributed by atoms with Crippen LogP contribution in [0.15, 0.2) is 212 Å². The van der Waals surface area contributed by atoms with Gasteiger partial charge in [0.05, 0.1) is 11.0 Å². The molecule has 2 aliphatic heterocycles. The molecule has 2 aliphatic rings. The molecule has 0 amide bonds. The quantitative estimate of drug-likeness (QED) is 0.155. The SMILES string of the molecule is Cc1ccc(N(c2ccc(C)cc2)c2ccc3c(c2)N(c2ccccc2)c2cccc4c2B3c2ccc(-n3c5ccc(C)cc5c5cc(C)ccc53)cc2N4c2ccc3ccccc3c2)cc1. The van der Waals surface area contributed by atoms with Crippen molar-refractivity contribution >= 4 is 107 Å². The molecule has 0 radical (unpaired) electrons. The maximum atomic E-state index is 2.53. The lowest BCUT2D eigenvalue weighted by Gasteiger charge is -2.44. The number of para-hydroxylation sites is 1. The third-order valence-electron chi connectivity index (χ3n) is 14.1. The molecule has 10 aromatic carbocycles. The summed E-state index contributed by atoms with van der Waals surface area (Å²) in [6.07, 6.45) is 0. The van der Waals surface area contributed by atoms with Crippen molar-refractivity contribution in [3.05, 3.63) is 235 Å². The topological polar surface area (TPSA) is 14.7 Å². The van der Waals surface area contributed by atoms with Crippen LogP contribution in [0.25, 0.3) is 38.3 Å². The molecule has 67 heavy (non-hydrogen) atoms. The first-order valence-corrected chi connectivity index (χ1v) is 23.4. The molecule has 5 heteroatoms. The van der Waals surface area contributed by atoms with Crippen molar-refractivity contribution in [3.63, 3.8) is 0 Å². The Bertz CT molecular complexity index is 3650. The van der Waals surface area contributed by atoms with Gasteiger partial charge in [0.2, 0.25) is 0 Å². The van der Waals surface area contributed by atoms with Crippen molar-refractivity contribution in [3.8, 4) is 5.69 Å². The highest BCUT2D eigenvalue weighted by Crippen LogP contribution is 2.47. The van der Waals surface area contributed by atoms with E-state index in [-0.39, 0.29) is 6.71 Å². The van der Waals surface area contributed by atoms with Gasteiger partial charge in [0.1, 0.15) is 0 Å². The minimum atomic E-state index is -0.0355. The second-order valence-electron chi connectivity index (χ2n) is 18.6. The molecule has 0 bridgehead atoms. The summed E-state index contributed by atoms with van der Waals surface area (Å²) in [4.78, 5) is 7.42. The van der Waals surface area contributed by atoms with E-state index in [1.807, 2.05) is 0 Å².